The molecule has 1 heterocycles. The molecule has 0 spiro atoms. The summed E-state index contributed by atoms with van der Waals surface area (Å²) >= 11 is 3.08. The van der Waals surface area contributed by atoms with E-state index in [1.807, 2.05) is 0 Å². The van der Waals surface area contributed by atoms with Crippen LogP contribution in [-0.2, 0) is 6.42 Å². The standard InChI is InChI=1S/C13H8BrF3O3/c14-12-6-5-11(19-12)10(18)7-8-1-3-9(4-2-8)20-13(15,16)17/h1-6H,7H2. The summed E-state index contributed by atoms with van der Waals surface area (Å²) in [6, 6.07) is 8.23. The SMILES string of the molecule is O=C(Cc1ccc(OC(F)(F)F)cc1)c1ccc(Br)o1. The zero-order valence-electron chi connectivity index (χ0n) is 9.91. The molecule has 0 unspecified atom stereocenters. The number of benzene rings is 1. The molecule has 0 saturated heterocycles. The predicted molar refractivity (Wildman–Crippen MR) is 67.6 cm³/mol. The molecule has 0 fully saturated rings. The number of hydrogen-bond acceptors (Lipinski definition) is 3. The third kappa shape index (κ3) is 4.12. The van der Waals surface area contributed by atoms with Gasteiger partial charge in [0.05, 0.1) is 0 Å². The molecule has 1 aromatic heterocycles. The van der Waals surface area contributed by atoms with E-state index in [1.165, 1.54) is 18.2 Å². The fourth-order valence-electron chi connectivity index (χ4n) is 1.55. The molecule has 0 N–H and O–H groups in total. The molecule has 106 valence electrons. The van der Waals surface area contributed by atoms with Gasteiger partial charge in [0.15, 0.2) is 10.4 Å². The topological polar surface area (TPSA) is 39.4 Å². The van der Waals surface area contributed by atoms with E-state index < -0.39 is 6.36 Å². The Morgan fingerprint density at radius 3 is 2.30 bits per heavy atom. The summed E-state index contributed by atoms with van der Waals surface area (Å²) in [4.78, 5) is 11.8. The monoisotopic (exact) mass is 348 g/mol. The average Bonchev–Trinajstić information content (AvgIpc) is 2.77. The lowest BCUT2D eigenvalue weighted by Gasteiger charge is -2.08. The molecule has 0 radical (unpaired) electrons. The second-order valence-corrected chi connectivity index (χ2v) is 4.68. The summed E-state index contributed by atoms with van der Waals surface area (Å²) in [7, 11) is 0. The quantitative estimate of drug-likeness (QED) is 0.770. The summed E-state index contributed by atoms with van der Waals surface area (Å²) in [6.07, 6.45) is -4.69. The molecule has 2 aromatic rings. The van der Waals surface area contributed by atoms with Crippen LogP contribution in [0.2, 0.25) is 0 Å². The molecule has 0 saturated carbocycles. The Hall–Kier alpha value is -1.76. The van der Waals surface area contributed by atoms with Crippen LogP contribution in [0.25, 0.3) is 0 Å². The molecule has 0 aliphatic carbocycles. The smallest absolute Gasteiger partial charge is 0.446 e. The Balaban J connectivity index is 2.02. The molecule has 0 bridgehead atoms. The second kappa shape index (κ2) is 5.70. The van der Waals surface area contributed by atoms with Gasteiger partial charge >= 0.3 is 6.36 Å². The molecule has 1 aromatic carbocycles. The minimum Gasteiger partial charge on any atom is -0.446 e. The first kappa shape index (κ1) is 14.6. The minimum atomic E-state index is -4.72. The zero-order valence-corrected chi connectivity index (χ0v) is 11.5. The van der Waals surface area contributed by atoms with Gasteiger partial charge in [-0.3, -0.25) is 4.79 Å². The highest BCUT2D eigenvalue weighted by molar-refractivity contribution is 9.10. The van der Waals surface area contributed by atoms with Crippen molar-refractivity contribution in [3.63, 3.8) is 0 Å². The maximum atomic E-state index is 12.0. The highest BCUT2D eigenvalue weighted by Crippen LogP contribution is 2.23. The highest BCUT2D eigenvalue weighted by atomic mass is 79.9. The Morgan fingerprint density at radius 2 is 1.80 bits per heavy atom. The lowest BCUT2D eigenvalue weighted by atomic mass is 10.1. The number of Topliss-reactive ketones (excluding diaryl/α,β-unsaturated/α-hetero) is 1. The van der Waals surface area contributed by atoms with Crippen molar-refractivity contribution in [3.05, 3.63) is 52.4 Å². The van der Waals surface area contributed by atoms with Crippen molar-refractivity contribution in [1.82, 2.24) is 0 Å². The van der Waals surface area contributed by atoms with Gasteiger partial charge in [0, 0.05) is 6.42 Å². The molecule has 0 aliphatic rings. The Labute approximate surface area is 120 Å². The molecule has 7 heteroatoms. The Kier molecular flexibility index (Phi) is 4.17. The van der Waals surface area contributed by atoms with Crippen LogP contribution in [-0.4, -0.2) is 12.1 Å². The van der Waals surface area contributed by atoms with Crippen molar-refractivity contribution >= 4 is 21.7 Å². The Bertz CT molecular complexity index is 602. The summed E-state index contributed by atoms with van der Waals surface area (Å²) in [5, 5.41) is 0. The van der Waals surface area contributed by atoms with Crippen molar-refractivity contribution in [1.29, 1.82) is 0 Å². The fraction of sp³-hybridized carbons (Fsp3) is 0.154. The lowest BCUT2D eigenvalue weighted by molar-refractivity contribution is -0.274. The number of carbonyl (C=O) groups excluding carboxylic acids is 1. The molecule has 0 aliphatic heterocycles. The van der Waals surface area contributed by atoms with Crippen molar-refractivity contribution in [2.45, 2.75) is 12.8 Å². The predicted octanol–water partition coefficient (Wildman–Crippen LogP) is 4.37. The van der Waals surface area contributed by atoms with E-state index in [0.29, 0.717) is 10.2 Å². The number of halogens is 4. The first-order valence-electron chi connectivity index (χ1n) is 5.47. The van der Waals surface area contributed by atoms with E-state index in [1.54, 1.807) is 6.07 Å². The van der Waals surface area contributed by atoms with Crippen LogP contribution in [0.3, 0.4) is 0 Å². The maximum absolute atomic E-state index is 12.0. The van der Waals surface area contributed by atoms with E-state index in [9.17, 15) is 18.0 Å². The molecular weight excluding hydrogens is 341 g/mol. The number of alkyl halides is 3. The average molecular weight is 349 g/mol. The fourth-order valence-corrected chi connectivity index (χ4v) is 1.85. The second-order valence-electron chi connectivity index (χ2n) is 3.90. The van der Waals surface area contributed by atoms with Crippen LogP contribution >= 0.6 is 15.9 Å². The van der Waals surface area contributed by atoms with Gasteiger partial charge in [0.2, 0.25) is 5.78 Å². The van der Waals surface area contributed by atoms with Crippen LogP contribution in [0, 0.1) is 0 Å². The van der Waals surface area contributed by atoms with Crippen molar-refractivity contribution in [2.75, 3.05) is 0 Å². The van der Waals surface area contributed by atoms with Gasteiger partial charge in [-0.2, -0.15) is 0 Å². The van der Waals surface area contributed by atoms with Crippen LogP contribution in [0.4, 0.5) is 13.2 Å². The third-order valence-corrected chi connectivity index (χ3v) is 2.80. The van der Waals surface area contributed by atoms with E-state index >= 15 is 0 Å². The number of hydrogen-bond donors (Lipinski definition) is 0. The molecule has 2 rings (SSSR count). The van der Waals surface area contributed by atoms with Gasteiger partial charge in [0.1, 0.15) is 5.75 Å². The number of furan rings is 1. The molecule has 0 amide bonds. The van der Waals surface area contributed by atoms with Crippen molar-refractivity contribution < 1.29 is 27.1 Å². The number of carbonyl (C=O) groups is 1. The van der Waals surface area contributed by atoms with Crippen LogP contribution in [0.1, 0.15) is 16.1 Å². The van der Waals surface area contributed by atoms with E-state index in [-0.39, 0.29) is 23.7 Å². The van der Waals surface area contributed by atoms with Crippen LogP contribution in [0.5, 0.6) is 5.75 Å². The van der Waals surface area contributed by atoms with Gasteiger partial charge in [0.25, 0.3) is 0 Å². The zero-order chi connectivity index (χ0) is 14.8. The molecule has 0 atom stereocenters. The highest BCUT2D eigenvalue weighted by Gasteiger charge is 2.30. The molecule has 3 nitrogen and oxygen atoms in total. The van der Waals surface area contributed by atoms with Crippen molar-refractivity contribution in [2.24, 2.45) is 0 Å². The summed E-state index contributed by atoms with van der Waals surface area (Å²) < 4.78 is 45.2. The largest absolute Gasteiger partial charge is 0.573 e. The van der Waals surface area contributed by atoms with Crippen LogP contribution < -0.4 is 4.74 Å². The van der Waals surface area contributed by atoms with E-state index in [4.69, 9.17) is 4.42 Å². The summed E-state index contributed by atoms with van der Waals surface area (Å²) in [5.74, 6) is -0.401. The normalized spacial score (nSPS) is 11.4. The van der Waals surface area contributed by atoms with Crippen molar-refractivity contribution in [3.8, 4) is 5.75 Å². The molecule has 20 heavy (non-hydrogen) atoms. The van der Waals surface area contributed by atoms with Gasteiger partial charge in [-0.15, -0.1) is 13.2 Å². The maximum Gasteiger partial charge on any atom is 0.573 e. The minimum absolute atomic E-state index is 0.0340. The first-order chi connectivity index (χ1) is 9.33. The summed E-state index contributed by atoms with van der Waals surface area (Å²) in [5.41, 5.74) is 0.567. The van der Waals surface area contributed by atoms with Crippen LogP contribution in [0.15, 0.2) is 45.5 Å². The number of ketones is 1. The number of ether oxygens (including phenoxy) is 1. The molecular formula is C13H8BrF3O3. The van der Waals surface area contributed by atoms with Gasteiger partial charge < -0.3 is 9.15 Å². The van der Waals surface area contributed by atoms with E-state index in [2.05, 4.69) is 20.7 Å². The van der Waals surface area contributed by atoms with Gasteiger partial charge in [-0.1, -0.05) is 12.1 Å². The lowest BCUT2D eigenvalue weighted by Crippen LogP contribution is -2.17. The first-order valence-corrected chi connectivity index (χ1v) is 6.26. The summed E-state index contributed by atoms with van der Waals surface area (Å²) in [6.45, 7) is 0. The van der Waals surface area contributed by atoms with Gasteiger partial charge in [-0.25, -0.2) is 0 Å². The van der Waals surface area contributed by atoms with E-state index in [0.717, 1.165) is 12.1 Å². The van der Waals surface area contributed by atoms with Gasteiger partial charge in [-0.05, 0) is 45.8 Å². The third-order valence-electron chi connectivity index (χ3n) is 2.37. The number of rotatable bonds is 4. The Morgan fingerprint density at radius 1 is 1.15 bits per heavy atom.